The summed E-state index contributed by atoms with van der Waals surface area (Å²) >= 11 is 0. The van der Waals surface area contributed by atoms with Gasteiger partial charge >= 0.3 is 0 Å². The van der Waals surface area contributed by atoms with Crippen molar-refractivity contribution in [3.63, 3.8) is 0 Å². The first-order chi connectivity index (χ1) is 21.2. The van der Waals surface area contributed by atoms with E-state index < -0.39 is 0 Å². The van der Waals surface area contributed by atoms with Crippen LogP contribution in [0.4, 0.5) is 0 Å². The summed E-state index contributed by atoms with van der Waals surface area (Å²) in [5.74, 6) is 1.66. The molecule has 0 aliphatic rings. The van der Waals surface area contributed by atoms with E-state index in [9.17, 15) is 0 Å². The summed E-state index contributed by atoms with van der Waals surface area (Å²) in [6.45, 7) is 4.80. The van der Waals surface area contributed by atoms with Crippen LogP contribution in [0.25, 0.3) is 5.69 Å². The number of hydrogen-bond acceptors (Lipinski definition) is 0. The number of nitrogens with zero attached hydrogens (tertiary/aromatic N) is 1. The van der Waals surface area contributed by atoms with E-state index in [-0.39, 0.29) is 5.41 Å². The molecule has 0 radical (unpaired) electrons. The van der Waals surface area contributed by atoms with Crippen molar-refractivity contribution in [3.05, 3.63) is 120 Å². The van der Waals surface area contributed by atoms with Gasteiger partial charge in [0.15, 0.2) is 0 Å². The fraction of sp³-hybridized carbons (Fsp3) is 0.488. The summed E-state index contributed by atoms with van der Waals surface area (Å²) in [6, 6.07) is 33.2. The molecule has 0 fully saturated rings. The lowest BCUT2D eigenvalue weighted by Crippen LogP contribution is -2.42. The van der Waals surface area contributed by atoms with Gasteiger partial charge in [-0.05, 0) is 36.1 Å². The molecule has 2 nitrogen and oxygen atoms in total. The average Bonchev–Trinajstić information content (AvgIpc) is 3.54. The maximum atomic E-state index is 3.73. The fourth-order valence-corrected chi connectivity index (χ4v) is 6.99. The molecule has 3 aromatic carbocycles. The minimum atomic E-state index is -0.0550. The van der Waals surface area contributed by atoms with E-state index >= 15 is 0 Å². The lowest BCUT2D eigenvalue weighted by Gasteiger charge is -2.37. The molecule has 1 heterocycles. The van der Waals surface area contributed by atoms with Gasteiger partial charge in [-0.2, -0.15) is 4.57 Å². The normalized spacial score (nSPS) is 13.5. The lowest BCUT2D eigenvalue weighted by atomic mass is 9.66. The van der Waals surface area contributed by atoms with Crippen LogP contribution in [-0.4, -0.2) is 4.98 Å². The van der Waals surface area contributed by atoms with Gasteiger partial charge in [-0.1, -0.05) is 183 Å². The van der Waals surface area contributed by atoms with Crippen LogP contribution in [0.1, 0.15) is 133 Å². The Morgan fingerprint density at radius 1 is 0.605 bits per heavy atom. The molecule has 0 aliphatic carbocycles. The van der Waals surface area contributed by atoms with E-state index in [0.29, 0.717) is 5.92 Å². The fourth-order valence-electron chi connectivity index (χ4n) is 6.99. The van der Waals surface area contributed by atoms with E-state index in [4.69, 9.17) is 0 Å². The van der Waals surface area contributed by atoms with Crippen LogP contribution in [-0.2, 0) is 11.8 Å². The van der Waals surface area contributed by atoms with E-state index in [1.165, 1.54) is 119 Å². The predicted molar refractivity (Wildman–Crippen MR) is 184 cm³/mol. The molecule has 0 spiro atoms. The molecule has 0 saturated heterocycles. The molecule has 1 N–H and O–H groups in total. The van der Waals surface area contributed by atoms with Crippen LogP contribution in [0.3, 0.4) is 0 Å². The zero-order valence-corrected chi connectivity index (χ0v) is 27.2. The van der Waals surface area contributed by atoms with Crippen LogP contribution >= 0.6 is 0 Å². The quantitative estimate of drug-likeness (QED) is 0.0750. The number of hydrogen-bond donors (Lipinski definition) is 1. The Labute approximate surface area is 263 Å². The predicted octanol–water partition coefficient (Wildman–Crippen LogP) is 11.4. The molecule has 0 amide bonds. The van der Waals surface area contributed by atoms with Crippen LogP contribution in [0.15, 0.2) is 103 Å². The SMILES string of the molecule is CCCCCCCCCCCCCCCCC(c1[nH]cc[n+]1-c1ccccc1)C(C)(Cc1ccccc1)c1ccccc1. The second-order valence-electron chi connectivity index (χ2n) is 12.9. The Morgan fingerprint density at radius 3 is 1.65 bits per heavy atom. The Kier molecular flexibility index (Phi) is 14.1. The molecular formula is C41H57N2+. The van der Waals surface area contributed by atoms with Crippen LogP contribution in [0, 0.1) is 0 Å². The first-order valence-electron chi connectivity index (χ1n) is 17.5. The number of rotatable bonds is 21. The van der Waals surface area contributed by atoms with E-state index in [0.717, 1.165) is 6.42 Å². The average molecular weight is 578 g/mol. The molecule has 0 saturated carbocycles. The van der Waals surface area contributed by atoms with Crippen molar-refractivity contribution in [1.82, 2.24) is 4.98 Å². The molecule has 0 aliphatic heterocycles. The van der Waals surface area contributed by atoms with Gasteiger partial charge in [0.25, 0.3) is 5.82 Å². The van der Waals surface area contributed by atoms with Gasteiger partial charge in [0.1, 0.15) is 18.1 Å². The minimum Gasteiger partial charge on any atom is -0.247 e. The Bertz CT molecular complexity index is 1250. The van der Waals surface area contributed by atoms with Gasteiger partial charge in [0.05, 0.1) is 5.92 Å². The third-order valence-electron chi connectivity index (χ3n) is 9.54. The number of aromatic nitrogens is 2. The molecule has 2 heteroatoms. The second kappa shape index (κ2) is 18.5. The molecule has 1 aromatic heterocycles. The Balaban J connectivity index is 1.40. The van der Waals surface area contributed by atoms with Crippen molar-refractivity contribution in [2.75, 3.05) is 0 Å². The van der Waals surface area contributed by atoms with Gasteiger partial charge in [-0.3, -0.25) is 0 Å². The highest BCUT2D eigenvalue weighted by molar-refractivity contribution is 5.33. The summed E-state index contributed by atoms with van der Waals surface area (Å²) in [7, 11) is 0. The highest BCUT2D eigenvalue weighted by Crippen LogP contribution is 2.43. The monoisotopic (exact) mass is 577 g/mol. The first-order valence-corrected chi connectivity index (χ1v) is 17.5. The highest BCUT2D eigenvalue weighted by atomic mass is 15.1. The highest BCUT2D eigenvalue weighted by Gasteiger charge is 2.42. The zero-order chi connectivity index (χ0) is 30.0. The first kappa shape index (κ1) is 32.8. The summed E-state index contributed by atoms with van der Waals surface area (Å²) in [6.07, 6.45) is 26.0. The van der Waals surface area contributed by atoms with Gasteiger partial charge in [-0.25, -0.2) is 4.98 Å². The number of imidazole rings is 1. The van der Waals surface area contributed by atoms with Crippen molar-refractivity contribution >= 4 is 0 Å². The number of unbranched alkanes of at least 4 members (excludes halogenated alkanes) is 13. The van der Waals surface area contributed by atoms with Gasteiger partial charge in [0, 0.05) is 5.41 Å². The Hall–Kier alpha value is -3.13. The number of para-hydroxylation sites is 1. The molecule has 2 unspecified atom stereocenters. The largest absolute Gasteiger partial charge is 0.263 e. The number of H-pyrrole nitrogens is 1. The van der Waals surface area contributed by atoms with Gasteiger partial charge < -0.3 is 0 Å². The Morgan fingerprint density at radius 2 is 1.09 bits per heavy atom. The number of benzene rings is 3. The third-order valence-corrected chi connectivity index (χ3v) is 9.54. The van der Waals surface area contributed by atoms with Crippen molar-refractivity contribution < 1.29 is 4.57 Å². The molecular weight excluding hydrogens is 520 g/mol. The van der Waals surface area contributed by atoms with Crippen molar-refractivity contribution in [3.8, 4) is 5.69 Å². The number of aromatic amines is 1. The molecule has 230 valence electrons. The molecule has 4 aromatic rings. The summed E-state index contributed by atoms with van der Waals surface area (Å²) in [4.78, 5) is 3.73. The zero-order valence-electron chi connectivity index (χ0n) is 27.2. The number of nitrogens with one attached hydrogen (secondary N) is 1. The second-order valence-corrected chi connectivity index (χ2v) is 12.9. The molecule has 43 heavy (non-hydrogen) atoms. The van der Waals surface area contributed by atoms with Gasteiger partial charge in [0.2, 0.25) is 0 Å². The van der Waals surface area contributed by atoms with Crippen LogP contribution in [0.5, 0.6) is 0 Å². The summed E-state index contributed by atoms with van der Waals surface area (Å²) in [5.41, 5.74) is 3.99. The molecule has 2 atom stereocenters. The maximum absolute atomic E-state index is 3.73. The van der Waals surface area contributed by atoms with Crippen molar-refractivity contribution in [2.45, 2.75) is 128 Å². The molecule has 0 bridgehead atoms. The standard InChI is InChI=1S/C41H56N2/c1-3-4-5-6-7-8-9-10-11-12-13-14-15-25-32-39(40-42-33-34-43(40)38-30-23-18-24-31-38)41(2,37-28-21-17-22-29-37)35-36-26-19-16-20-27-36/h16-24,26-31,33-34,39H,3-15,25,32,35H2,1-2H3/p+1. The summed E-state index contributed by atoms with van der Waals surface area (Å²) in [5, 5.41) is 0. The van der Waals surface area contributed by atoms with Crippen molar-refractivity contribution in [1.29, 1.82) is 0 Å². The van der Waals surface area contributed by atoms with Crippen molar-refractivity contribution in [2.24, 2.45) is 0 Å². The van der Waals surface area contributed by atoms with E-state index in [1.54, 1.807) is 0 Å². The van der Waals surface area contributed by atoms with Crippen LogP contribution < -0.4 is 4.57 Å². The summed E-state index contributed by atoms with van der Waals surface area (Å²) < 4.78 is 2.39. The smallest absolute Gasteiger partial charge is 0.247 e. The maximum Gasteiger partial charge on any atom is 0.263 e. The van der Waals surface area contributed by atoms with E-state index in [1.807, 2.05) is 0 Å². The third kappa shape index (κ3) is 10.2. The van der Waals surface area contributed by atoms with Gasteiger partial charge in [-0.15, -0.1) is 0 Å². The molecule has 4 rings (SSSR count). The topological polar surface area (TPSA) is 19.7 Å². The van der Waals surface area contributed by atoms with Crippen LogP contribution in [0.2, 0.25) is 0 Å². The van der Waals surface area contributed by atoms with E-state index in [2.05, 4.69) is 127 Å². The lowest BCUT2D eigenvalue weighted by molar-refractivity contribution is -0.605. The minimum absolute atomic E-state index is 0.0550.